The first-order chi connectivity index (χ1) is 21.4. The summed E-state index contributed by atoms with van der Waals surface area (Å²) in [4.78, 5) is 28.3. The predicted molar refractivity (Wildman–Crippen MR) is 185 cm³/mol. The summed E-state index contributed by atoms with van der Waals surface area (Å²) in [6, 6.07) is 11.4. The summed E-state index contributed by atoms with van der Waals surface area (Å²) in [5.74, 6) is 3.21. The van der Waals surface area contributed by atoms with Gasteiger partial charge < -0.3 is 25.5 Å². The number of benzene rings is 2. The summed E-state index contributed by atoms with van der Waals surface area (Å²) in [6.45, 7) is 10.1. The molecule has 0 radical (unpaired) electrons. The molecular weight excluding hydrogens is 609 g/mol. The van der Waals surface area contributed by atoms with E-state index >= 15 is 0 Å². The molecule has 242 valence electrons. The van der Waals surface area contributed by atoms with E-state index in [-0.39, 0.29) is 17.7 Å². The molecule has 1 saturated heterocycles. The second-order valence-electron chi connectivity index (χ2n) is 14.0. The van der Waals surface area contributed by atoms with Crippen LogP contribution in [0.15, 0.2) is 46.2 Å². The molecule has 1 aliphatic heterocycles. The molecule has 3 saturated carbocycles. The molecule has 2 aromatic carbocycles. The molecule has 3 aromatic rings. The van der Waals surface area contributed by atoms with E-state index < -0.39 is 0 Å². The zero-order chi connectivity index (χ0) is 32.0. The minimum absolute atomic E-state index is 0.110. The Labute approximate surface area is 275 Å². The lowest BCUT2D eigenvalue weighted by Crippen LogP contribution is -2.58. The first kappa shape index (κ1) is 32.1. The number of nitrogens with one attached hydrogen (secondary N) is 2. The molecule has 4 aliphatic rings. The molecule has 1 aromatic heterocycles. The first-order valence-corrected chi connectivity index (χ1v) is 16.8. The highest BCUT2D eigenvalue weighted by atomic mass is 35.5. The van der Waals surface area contributed by atoms with Gasteiger partial charge in [-0.05, 0) is 92.4 Å². The Balaban J connectivity index is 1.29. The van der Waals surface area contributed by atoms with Crippen molar-refractivity contribution in [2.24, 2.45) is 28.2 Å². The maximum absolute atomic E-state index is 13.9. The third-order valence-corrected chi connectivity index (χ3v) is 11.0. The second kappa shape index (κ2) is 12.7. The standard InChI is InChI=1S/C34H45Cl2N7O2/c1-20-27-14-22(34(27,2)3)15-29(20)39-33(42-18-25(44)19-42)38-24-8-9-26-30(17-24)40-32(37-11-13-41(4)5)43(31(26)45)12-10-21-6-7-23(35)16-28(21)36/h6-9,16-17,20,22,25,27,29,44H,10-15,18-19H2,1-5H3,(H,37,40)(H,38,39)/t20-,22?,27+,29-/m0/s1. The topological polar surface area (TPSA) is 98.0 Å². The van der Waals surface area contributed by atoms with Gasteiger partial charge in [-0.2, -0.15) is 0 Å². The zero-order valence-corrected chi connectivity index (χ0v) is 28.4. The summed E-state index contributed by atoms with van der Waals surface area (Å²) >= 11 is 12.5. The molecule has 0 amide bonds. The average molecular weight is 655 g/mol. The fourth-order valence-corrected chi connectivity index (χ4v) is 7.89. The SMILES string of the molecule is C[C@@H]1[C@@H](N=C(Nc2ccc3c(=O)n(CCc4ccc(Cl)cc4Cl)c(NCCN(C)C)nc3c2)N2CC(O)C2)CC2C[C@H]1C2(C)C. The van der Waals surface area contributed by atoms with Crippen LogP contribution in [-0.2, 0) is 13.0 Å². The Morgan fingerprint density at radius 2 is 1.93 bits per heavy atom. The van der Waals surface area contributed by atoms with E-state index in [1.807, 2.05) is 44.4 Å². The normalized spacial score (nSPS) is 24.5. The van der Waals surface area contributed by atoms with E-state index in [1.54, 1.807) is 10.6 Å². The van der Waals surface area contributed by atoms with Crippen molar-refractivity contribution in [1.29, 1.82) is 0 Å². The lowest BCUT2D eigenvalue weighted by atomic mass is 9.45. The number of nitrogens with zero attached hydrogens (tertiary/aromatic N) is 5. The van der Waals surface area contributed by atoms with Gasteiger partial charge >= 0.3 is 0 Å². The van der Waals surface area contributed by atoms with Crippen LogP contribution in [0.2, 0.25) is 10.0 Å². The number of likely N-dealkylation sites (tertiary alicyclic amines) is 1. The van der Waals surface area contributed by atoms with Crippen molar-refractivity contribution < 1.29 is 5.11 Å². The number of hydrogen-bond donors (Lipinski definition) is 3. The molecular formula is C34H45Cl2N7O2. The fraction of sp³-hybridized carbons (Fsp3) is 0.559. The van der Waals surface area contributed by atoms with Gasteiger partial charge in [0.25, 0.3) is 5.56 Å². The summed E-state index contributed by atoms with van der Waals surface area (Å²) in [7, 11) is 4.02. The van der Waals surface area contributed by atoms with E-state index in [1.165, 1.54) is 6.42 Å². The number of aliphatic imine (C=N–C) groups is 1. The van der Waals surface area contributed by atoms with E-state index in [0.717, 1.165) is 30.2 Å². The molecule has 2 heterocycles. The highest BCUT2D eigenvalue weighted by molar-refractivity contribution is 6.35. The van der Waals surface area contributed by atoms with Crippen LogP contribution in [0.3, 0.4) is 0 Å². The highest BCUT2D eigenvalue weighted by Gasteiger charge is 2.56. The van der Waals surface area contributed by atoms with Crippen molar-refractivity contribution in [2.45, 2.75) is 58.7 Å². The number of halogens is 2. The summed E-state index contributed by atoms with van der Waals surface area (Å²) in [6.07, 6.45) is 2.61. The van der Waals surface area contributed by atoms with Gasteiger partial charge in [0.2, 0.25) is 5.95 Å². The van der Waals surface area contributed by atoms with Gasteiger partial charge in [-0.3, -0.25) is 9.36 Å². The molecule has 9 nitrogen and oxygen atoms in total. The van der Waals surface area contributed by atoms with Crippen molar-refractivity contribution in [3.8, 4) is 0 Å². The largest absolute Gasteiger partial charge is 0.389 e. The highest BCUT2D eigenvalue weighted by Crippen LogP contribution is 2.61. The number of fused-ring (bicyclic) bond motifs is 3. The maximum atomic E-state index is 13.9. The fourth-order valence-electron chi connectivity index (χ4n) is 7.39. The van der Waals surface area contributed by atoms with Crippen molar-refractivity contribution in [1.82, 2.24) is 19.4 Å². The van der Waals surface area contributed by atoms with Gasteiger partial charge in [-0.1, -0.05) is 50.0 Å². The molecule has 4 atom stereocenters. The summed E-state index contributed by atoms with van der Waals surface area (Å²) < 4.78 is 1.70. The Bertz CT molecular complexity index is 1650. The van der Waals surface area contributed by atoms with Crippen LogP contribution in [0.4, 0.5) is 11.6 Å². The molecule has 4 fully saturated rings. The van der Waals surface area contributed by atoms with Crippen LogP contribution in [0.5, 0.6) is 0 Å². The van der Waals surface area contributed by atoms with E-state index in [4.69, 9.17) is 33.2 Å². The predicted octanol–water partition coefficient (Wildman–Crippen LogP) is 5.43. The Morgan fingerprint density at radius 1 is 1.16 bits per heavy atom. The van der Waals surface area contributed by atoms with Gasteiger partial charge in [0.1, 0.15) is 0 Å². The Hall–Kier alpha value is -2.85. The molecule has 2 bridgehead atoms. The van der Waals surface area contributed by atoms with Crippen molar-refractivity contribution in [3.63, 3.8) is 0 Å². The second-order valence-corrected chi connectivity index (χ2v) is 14.8. The van der Waals surface area contributed by atoms with Gasteiger partial charge in [-0.15, -0.1) is 0 Å². The minimum Gasteiger partial charge on any atom is -0.389 e. The van der Waals surface area contributed by atoms with Crippen LogP contribution in [-0.4, -0.2) is 82.8 Å². The van der Waals surface area contributed by atoms with E-state index in [2.05, 4.69) is 41.2 Å². The smallest absolute Gasteiger partial charge is 0.262 e. The number of hydrogen-bond acceptors (Lipinski definition) is 6. The molecule has 3 N–H and O–H groups in total. The summed E-state index contributed by atoms with van der Waals surface area (Å²) in [5, 5.41) is 18.7. The number of rotatable bonds is 9. The molecule has 45 heavy (non-hydrogen) atoms. The molecule has 0 spiro atoms. The third kappa shape index (κ3) is 6.55. The van der Waals surface area contributed by atoms with Gasteiger partial charge in [0.15, 0.2) is 5.96 Å². The van der Waals surface area contributed by atoms with Crippen LogP contribution in [0.1, 0.15) is 39.2 Å². The number of guanidine groups is 1. The summed E-state index contributed by atoms with van der Waals surface area (Å²) in [5.41, 5.74) is 2.62. The Morgan fingerprint density at radius 3 is 2.60 bits per heavy atom. The van der Waals surface area contributed by atoms with Crippen LogP contribution >= 0.6 is 23.2 Å². The zero-order valence-electron chi connectivity index (χ0n) is 26.9. The number of anilines is 2. The number of aromatic nitrogens is 2. The number of aliphatic hydroxyl groups is 1. The van der Waals surface area contributed by atoms with Gasteiger partial charge in [0.05, 0.1) is 23.0 Å². The molecule has 3 aliphatic carbocycles. The van der Waals surface area contributed by atoms with Gasteiger partial charge in [-0.25, -0.2) is 9.98 Å². The number of likely N-dealkylation sites (N-methyl/N-ethyl adjacent to an activating group) is 1. The third-order valence-electron chi connectivity index (χ3n) is 10.4. The lowest BCUT2D eigenvalue weighted by molar-refractivity contribution is -0.108. The number of β-amino-alcohol motifs (C(OH)–C–C–N with tert-alkyl or cyclic N) is 1. The van der Waals surface area contributed by atoms with Crippen LogP contribution < -0.4 is 16.2 Å². The Kier molecular flexibility index (Phi) is 9.09. The van der Waals surface area contributed by atoms with Crippen molar-refractivity contribution in [3.05, 3.63) is 62.4 Å². The van der Waals surface area contributed by atoms with Gasteiger partial charge in [0, 0.05) is 48.5 Å². The van der Waals surface area contributed by atoms with Crippen molar-refractivity contribution >= 4 is 51.7 Å². The quantitative estimate of drug-likeness (QED) is 0.209. The molecule has 11 heteroatoms. The monoisotopic (exact) mass is 653 g/mol. The van der Waals surface area contributed by atoms with Crippen LogP contribution in [0.25, 0.3) is 10.9 Å². The number of aliphatic hydroxyl groups excluding tert-OH is 1. The van der Waals surface area contributed by atoms with Crippen LogP contribution in [0, 0.1) is 23.2 Å². The lowest BCUT2D eigenvalue weighted by Gasteiger charge is -2.61. The van der Waals surface area contributed by atoms with E-state index in [0.29, 0.717) is 82.7 Å². The average Bonchev–Trinajstić information content (AvgIpc) is 2.96. The molecule has 1 unspecified atom stereocenters. The molecule has 7 rings (SSSR count). The van der Waals surface area contributed by atoms with Crippen molar-refractivity contribution in [2.75, 3.05) is 50.9 Å². The van der Waals surface area contributed by atoms with E-state index in [9.17, 15) is 9.90 Å². The minimum atomic E-state index is -0.344. The maximum Gasteiger partial charge on any atom is 0.262 e. The first-order valence-electron chi connectivity index (χ1n) is 16.1. The number of aryl methyl sites for hydroxylation is 1.